The quantitative estimate of drug-likeness (QED) is 0.678. The normalized spacial score (nSPS) is 10.4. The van der Waals surface area contributed by atoms with Gasteiger partial charge in [0, 0.05) is 18.0 Å². The molecule has 2 heterocycles. The molecule has 3 N–H and O–H groups in total. The third-order valence-electron chi connectivity index (χ3n) is 2.99. The summed E-state index contributed by atoms with van der Waals surface area (Å²) in [6.45, 7) is 0.682. The molecule has 5 nitrogen and oxygen atoms in total. The number of pyridine rings is 1. The van der Waals surface area contributed by atoms with Crippen molar-refractivity contribution in [3.8, 4) is 11.3 Å². The Hall–Kier alpha value is -2.82. The first-order valence-electron chi connectivity index (χ1n) is 6.33. The highest BCUT2D eigenvalue weighted by Gasteiger charge is 2.00. The first-order valence-corrected chi connectivity index (χ1v) is 6.33. The highest BCUT2D eigenvalue weighted by atomic mass is 16.1. The number of rotatable bonds is 4. The molecule has 0 aliphatic rings. The van der Waals surface area contributed by atoms with Gasteiger partial charge in [0.15, 0.2) is 0 Å². The fraction of sp³-hybridized carbons (Fsp3) is 0.0667. The van der Waals surface area contributed by atoms with Crippen molar-refractivity contribution in [2.45, 2.75) is 6.54 Å². The molecule has 0 atom stereocenters. The first kappa shape index (κ1) is 12.2. The Morgan fingerprint density at radius 2 is 1.90 bits per heavy atom. The molecule has 0 fully saturated rings. The van der Waals surface area contributed by atoms with Crippen LogP contribution < -0.4 is 10.9 Å². The molecule has 0 saturated heterocycles. The molecule has 5 heteroatoms. The second kappa shape index (κ2) is 5.44. The molecule has 0 bridgehead atoms. The Morgan fingerprint density at radius 1 is 1.05 bits per heavy atom. The molecule has 0 spiro atoms. The number of H-pyrrole nitrogens is 2. The topological polar surface area (TPSA) is 73.6 Å². The summed E-state index contributed by atoms with van der Waals surface area (Å²) in [6.07, 6.45) is 1.78. The number of hydrogen-bond acceptors (Lipinski definition) is 3. The average Bonchev–Trinajstić information content (AvgIpc) is 2.93. The van der Waals surface area contributed by atoms with Gasteiger partial charge in [0.2, 0.25) is 0 Å². The summed E-state index contributed by atoms with van der Waals surface area (Å²) in [6, 6.07) is 15.3. The van der Waals surface area contributed by atoms with E-state index in [2.05, 4.69) is 20.5 Å². The molecule has 0 aliphatic carbocycles. The van der Waals surface area contributed by atoms with E-state index in [-0.39, 0.29) is 5.56 Å². The van der Waals surface area contributed by atoms with E-state index < -0.39 is 0 Å². The van der Waals surface area contributed by atoms with E-state index in [4.69, 9.17) is 0 Å². The van der Waals surface area contributed by atoms with Crippen LogP contribution in [0, 0.1) is 0 Å². The van der Waals surface area contributed by atoms with E-state index in [1.165, 1.54) is 6.07 Å². The molecule has 3 rings (SSSR count). The number of hydrogen-bond donors (Lipinski definition) is 3. The van der Waals surface area contributed by atoms with Crippen molar-refractivity contribution in [3.63, 3.8) is 0 Å². The van der Waals surface area contributed by atoms with Crippen LogP contribution in [-0.2, 0) is 6.54 Å². The molecule has 1 aromatic carbocycles. The lowest BCUT2D eigenvalue weighted by atomic mass is 10.1. The number of anilines is 1. The number of benzene rings is 1. The summed E-state index contributed by atoms with van der Waals surface area (Å²) >= 11 is 0. The van der Waals surface area contributed by atoms with Gasteiger partial charge in [-0.3, -0.25) is 20.0 Å². The summed E-state index contributed by atoms with van der Waals surface area (Å²) in [7, 11) is 0. The first-order chi connectivity index (χ1) is 9.81. The molecule has 0 amide bonds. The van der Waals surface area contributed by atoms with Gasteiger partial charge in [-0.05, 0) is 29.8 Å². The lowest BCUT2D eigenvalue weighted by molar-refractivity contribution is 1.05. The largest absolute Gasteiger partial charge is 0.379 e. The lowest BCUT2D eigenvalue weighted by Crippen LogP contribution is -2.00. The van der Waals surface area contributed by atoms with Crippen LogP contribution in [0.15, 0.2) is 59.5 Å². The van der Waals surface area contributed by atoms with E-state index >= 15 is 0 Å². The molecule has 20 heavy (non-hydrogen) atoms. The van der Waals surface area contributed by atoms with E-state index in [1.807, 2.05) is 42.5 Å². The van der Waals surface area contributed by atoms with Gasteiger partial charge in [-0.15, -0.1) is 0 Å². The number of aromatic amines is 2. The maximum absolute atomic E-state index is 11.1. The van der Waals surface area contributed by atoms with Gasteiger partial charge in [-0.2, -0.15) is 0 Å². The van der Waals surface area contributed by atoms with Crippen LogP contribution >= 0.6 is 0 Å². The Morgan fingerprint density at radius 3 is 2.55 bits per heavy atom. The number of nitrogens with one attached hydrogen (secondary N) is 3. The molecule has 100 valence electrons. The standard InChI is InChI=1S/C15H14N4O/c20-15-9-14(18-19-15)11-4-6-12(7-5-11)17-10-13-3-1-2-8-16-13/h1-9,17H,10H2,(H2,18,19,20). The second-order valence-corrected chi connectivity index (χ2v) is 4.42. The number of nitrogens with zero attached hydrogens (tertiary/aromatic N) is 1. The van der Waals surface area contributed by atoms with Crippen molar-refractivity contribution in [1.29, 1.82) is 0 Å². The van der Waals surface area contributed by atoms with E-state index in [0.29, 0.717) is 6.54 Å². The zero-order valence-corrected chi connectivity index (χ0v) is 10.8. The van der Waals surface area contributed by atoms with Crippen LogP contribution in [0.1, 0.15) is 5.69 Å². The lowest BCUT2D eigenvalue weighted by Gasteiger charge is -2.06. The highest BCUT2D eigenvalue weighted by molar-refractivity contribution is 5.62. The summed E-state index contributed by atoms with van der Waals surface area (Å²) in [5.41, 5.74) is 3.62. The van der Waals surface area contributed by atoms with Gasteiger partial charge < -0.3 is 5.32 Å². The third-order valence-corrected chi connectivity index (χ3v) is 2.99. The van der Waals surface area contributed by atoms with Crippen molar-refractivity contribution in [2.75, 3.05) is 5.32 Å². The average molecular weight is 266 g/mol. The van der Waals surface area contributed by atoms with E-state index in [1.54, 1.807) is 6.20 Å². The molecule has 0 unspecified atom stereocenters. The molecule has 0 saturated carbocycles. The van der Waals surface area contributed by atoms with E-state index in [9.17, 15) is 4.79 Å². The molecule has 3 aromatic rings. The Labute approximate surface area is 115 Å². The van der Waals surface area contributed by atoms with Crippen molar-refractivity contribution in [1.82, 2.24) is 15.2 Å². The van der Waals surface area contributed by atoms with Crippen LogP contribution in [-0.4, -0.2) is 15.2 Å². The zero-order chi connectivity index (χ0) is 13.8. The SMILES string of the molecule is O=c1cc(-c2ccc(NCc3ccccn3)cc2)[nH][nH]1. The molecular formula is C15H14N4O. The predicted molar refractivity (Wildman–Crippen MR) is 78.4 cm³/mol. The molecule has 0 aliphatic heterocycles. The highest BCUT2D eigenvalue weighted by Crippen LogP contribution is 2.18. The van der Waals surface area contributed by atoms with Crippen LogP contribution in [0.2, 0.25) is 0 Å². The Balaban J connectivity index is 1.69. The molecular weight excluding hydrogens is 252 g/mol. The predicted octanol–water partition coefficient (Wildman–Crippen LogP) is 2.38. The molecule has 0 radical (unpaired) electrons. The fourth-order valence-corrected chi connectivity index (χ4v) is 1.95. The maximum Gasteiger partial charge on any atom is 0.264 e. The van der Waals surface area contributed by atoms with Gasteiger partial charge in [0.1, 0.15) is 0 Å². The van der Waals surface area contributed by atoms with Crippen molar-refractivity contribution in [2.24, 2.45) is 0 Å². The summed E-state index contributed by atoms with van der Waals surface area (Å²) in [4.78, 5) is 15.3. The monoisotopic (exact) mass is 266 g/mol. The molecule has 2 aromatic heterocycles. The minimum atomic E-state index is -0.127. The van der Waals surface area contributed by atoms with Crippen molar-refractivity contribution >= 4 is 5.69 Å². The summed E-state index contributed by atoms with van der Waals surface area (Å²) < 4.78 is 0. The van der Waals surface area contributed by atoms with Gasteiger partial charge in [-0.25, -0.2) is 0 Å². The van der Waals surface area contributed by atoms with Gasteiger partial charge in [0.05, 0.1) is 17.9 Å². The summed E-state index contributed by atoms with van der Waals surface area (Å²) in [5, 5.41) is 8.66. The fourth-order valence-electron chi connectivity index (χ4n) is 1.95. The zero-order valence-electron chi connectivity index (χ0n) is 10.8. The van der Waals surface area contributed by atoms with Crippen molar-refractivity contribution in [3.05, 3.63) is 70.8 Å². The Bertz CT molecular complexity index is 728. The smallest absolute Gasteiger partial charge is 0.264 e. The minimum Gasteiger partial charge on any atom is -0.379 e. The third kappa shape index (κ3) is 2.77. The van der Waals surface area contributed by atoms with Gasteiger partial charge in [-0.1, -0.05) is 18.2 Å². The van der Waals surface area contributed by atoms with Crippen LogP contribution in [0.25, 0.3) is 11.3 Å². The van der Waals surface area contributed by atoms with Crippen LogP contribution in [0.3, 0.4) is 0 Å². The van der Waals surface area contributed by atoms with Gasteiger partial charge in [0.25, 0.3) is 5.56 Å². The van der Waals surface area contributed by atoms with Crippen molar-refractivity contribution < 1.29 is 0 Å². The van der Waals surface area contributed by atoms with Crippen LogP contribution in [0.5, 0.6) is 0 Å². The van der Waals surface area contributed by atoms with E-state index in [0.717, 1.165) is 22.6 Å². The van der Waals surface area contributed by atoms with Gasteiger partial charge >= 0.3 is 0 Å². The summed E-state index contributed by atoms with van der Waals surface area (Å²) in [5.74, 6) is 0. The second-order valence-electron chi connectivity index (χ2n) is 4.42. The maximum atomic E-state index is 11.1. The number of aromatic nitrogens is 3. The van der Waals surface area contributed by atoms with Crippen LogP contribution in [0.4, 0.5) is 5.69 Å². The minimum absolute atomic E-state index is 0.127. The Kier molecular flexibility index (Phi) is 3.33.